The van der Waals surface area contributed by atoms with Gasteiger partial charge in [-0.3, -0.25) is 4.79 Å². The summed E-state index contributed by atoms with van der Waals surface area (Å²) in [5, 5.41) is 2.98. The maximum atomic E-state index is 13.3. The number of nitrogens with one attached hydrogen (secondary N) is 1. The molecular weight excluding hydrogens is 380 g/mol. The molecule has 1 aromatic carbocycles. The van der Waals surface area contributed by atoms with Crippen molar-refractivity contribution in [3.8, 4) is 0 Å². The normalized spacial score (nSPS) is 23.5. The van der Waals surface area contributed by atoms with Crippen molar-refractivity contribution in [2.45, 2.75) is 12.8 Å². The SMILES string of the molecule is CN(C)C(=O)[C@]12CCCN(C(=O)Nc3ccccc3)C[C@H]1CN(c1ncccn1)C2. The van der Waals surface area contributed by atoms with E-state index < -0.39 is 5.41 Å². The standard InChI is InChI=1S/C22H28N6O2/c1-26(2)19(29)22-10-6-13-27(21(30)25-18-8-4-3-5-9-18)14-17(22)15-28(16-22)20-23-11-7-12-24-20/h3-5,7-9,11-12,17H,6,10,13-16H2,1-2H3,(H,25,30)/t17-,22-/m0/s1. The van der Waals surface area contributed by atoms with Crippen molar-refractivity contribution < 1.29 is 9.59 Å². The number of anilines is 2. The van der Waals surface area contributed by atoms with Gasteiger partial charge >= 0.3 is 6.03 Å². The topological polar surface area (TPSA) is 81.7 Å². The number of rotatable bonds is 3. The van der Waals surface area contributed by atoms with Crippen molar-refractivity contribution in [3.05, 3.63) is 48.8 Å². The van der Waals surface area contributed by atoms with E-state index in [1.54, 1.807) is 37.5 Å². The third-order valence-electron chi connectivity index (χ3n) is 6.17. The van der Waals surface area contributed by atoms with Crippen LogP contribution >= 0.6 is 0 Å². The molecule has 4 rings (SSSR count). The second-order valence-electron chi connectivity index (χ2n) is 8.33. The second kappa shape index (κ2) is 8.30. The first-order chi connectivity index (χ1) is 14.5. The first-order valence-electron chi connectivity index (χ1n) is 10.3. The number of likely N-dealkylation sites (tertiary alicyclic amines) is 1. The highest BCUT2D eigenvalue weighted by Crippen LogP contribution is 2.44. The van der Waals surface area contributed by atoms with Gasteiger partial charge in [0.1, 0.15) is 0 Å². The van der Waals surface area contributed by atoms with Gasteiger partial charge in [-0.25, -0.2) is 14.8 Å². The Morgan fingerprint density at radius 3 is 2.53 bits per heavy atom. The van der Waals surface area contributed by atoms with Crippen molar-refractivity contribution >= 4 is 23.6 Å². The molecule has 0 spiro atoms. The van der Waals surface area contributed by atoms with Gasteiger partial charge < -0.3 is 20.0 Å². The Hall–Kier alpha value is -3.16. The van der Waals surface area contributed by atoms with E-state index in [-0.39, 0.29) is 17.9 Å². The number of carbonyl (C=O) groups excluding carboxylic acids is 2. The lowest BCUT2D eigenvalue weighted by Gasteiger charge is -2.34. The summed E-state index contributed by atoms with van der Waals surface area (Å²) in [5.74, 6) is 0.772. The Labute approximate surface area is 176 Å². The molecule has 2 saturated heterocycles. The lowest BCUT2D eigenvalue weighted by Crippen LogP contribution is -2.48. The van der Waals surface area contributed by atoms with Crippen LogP contribution in [0.5, 0.6) is 0 Å². The number of carbonyl (C=O) groups is 2. The van der Waals surface area contributed by atoms with Crippen LogP contribution in [0.4, 0.5) is 16.4 Å². The Balaban J connectivity index is 1.58. The van der Waals surface area contributed by atoms with Crippen LogP contribution in [0.1, 0.15) is 12.8 Å². The number of hydrogen-bond acceptors (Lipinski definition) is 5. The van der Waals surface area contributed by atoms with Crippen LogP contribution in [0.3, 0.4) is 0 Å². The van der Waals surface area contributed by atoms with Gasteiger partial charge in [0, 0.05) is 64.3 Å². The fraction of sp³-hybridized carbons (Fsp3) is 0.455. The molecule has 0 unspecified atom stereocenters. The second-order valence-corrected chi connectivity index (χ2v) is 8.33. The molecular formula is C22H28N6O2. The molecule has 2 atom stereocenters. The first-order valence-corrected chi connectivity index (χ1v) is 10.3. The summed E-state index contributed by atoms with van der Waals surface area (Å²) < 4.78 is 0. The van der Waals surface area contributed by atoms with Crippen LogP contribution in [0.15, 0.2) is 48.8 Å². The van der Waals surface area contributed by atoms with Crippen LogP contribution in [0.2, 0.25) is 0 Å². The third-order valence-corrected chi connectivity index (χ3v) is 6.17. The fourth-order valence-electron chi connectivity index (χ4n) is 4.74. The van der Waals surface area contributed by atoms with E-state index >= 15 is 0 Å². The molecule has 1 aromatic heterocycles. The highest BCUT2D eigenvalue weighted by molar-refractivity contribution is 5.90. The van der Waals surface area contributed by atoms with E-state index in [2.05, 4.69) is 20.2 Å². The van der Waals surface area contributed by atoms with Crippen molar-refractivity contribution in [1.29, 1.82) is 0 Å². The predicted molar refractivity (Wildman–Crippen MR) is 115 cm³/mol. The minimum atomic E-state index is -0.537. The summed E-state index contributed by atoms with van der Waals surface area (Å²) in [6.45, 7) is 2.40. The summed E-state index contributed by atoms with van der Waals surface area (Å²) >= 11 is 0. The minimum Gasteiger partial charge on any atom is -0.348 e. The van der Waals surface area contributed by atoms with Crippen LogP contribution < -0.4 is 10.2 Å². The van der Waals surface area contributed by atoms with E-state index in [0.717, 1.165) is 18.5 Å². The lowest BCUT2D eigenvalue weighted by atomic mass is 9.74. The van der Waals surface area contributed by atoms with Crippen LogP contribution in [0.25, 0.3) is 0 Å². The monoisotopic (exact) mass is 408 g/mol. The molecule has 158 valence electrons. The molecule has 8 nitrogen and oxygen atoms in total. The summed E-state index contributed by atoms with van der Waals surface area (Å²) in [6.07, 6.45) is 4.96. The lowest BCUT2D eigenvalue weighted by molar-refractivity contribution is -0.141. The van der Waals surface area contributed by atoms with Crippen molar-refractivity contribution in [3.63, 3.8) is 0 Å². The third kappa shape index (κ3) is 3.81. The van der Waals surface area contributed by atoms with E-state index in [4.69, 9.17) is 0 Å². The highest BCUT2D eigenvalue weighted by atomic mass is 16.2. The summed E-state index contributed by atoms with van der Waals surface area (Å²) in [7, 11) is 3.61. The van der Waals surface area contributed by atoms with Crippen LogP contribution in [0, 0.1) is 11.3 Å². The van der Waals surface area contributed by atoms with Gasteiger partial charge in [-0.05, 0) is 31.0 Å². The van der Waals surface area contributed by atoms with Gasteiger partial charge in [0.05, 0.1) is 5.41 Å². The number of aromatic nitrogens is 2. The zero-order valence-electron chi connectivity index (χ0n) is 17.5. The zero-order chi connectivity index (χ0) is 21.1. The summed E-state index contributed by atoms with van der Waals surface area (Å²) in [6, 6.07) is 11.1. The number of hydrogen-bond donors (Lipinski definition) is 1. The molecule has 1 N–H and O–H groups in total. The largest absolute Gasteiger partial charge is 0.348 e. The quantitative estimate of drug-likeness (QED) is 0.843. The minimum absolute atomic E-state index is 0.0141. The van der Waals surface area contributed by atoms with Crippen molar-refractivity contribution in [1.82, 2.24) is 19.8 Å². The van der Waals surface area contributed by atoms with Gasteiger partial charge in [0.15, 0.2) is 0 Å². The first kappa shape index (κ1) is 20.1. The van der Waals surface area contributed by atoms with Crippen LogP contribution in [-0.2, 0) is 4.79 Å². The number of fused-ring (bicyclic) bond motifs is 1. The number of nitrogens with zero attached hydrogens (tertiary/aromatic N) is 5. The number of benzene rings is 1. The van der Waals surface area contributed by atoms with E-state index in [9.17, 15) is 9.59 Å². The Morgan fingerprint density at radius 1 is 1.10 bits per heavy atom. The summed E-state index contributed by atoms with van der Waals surface area (Å²) in [5.41, 5.74) is 0.234. The Morgan fingerprint density at radius 2 is 1.83 bits per heavy atom. The number of amides is 3. The Kier molecular flexibility index (Phi) is 5.57. The maximum Gasteiger partial charge on any atom is 0.321 e. The van der Waals surface area contributed by atoms with Crippen molar-refractivity contribution in [2.24, 2.45) is 11.3 Å². The molecule has 8 heteroatoms. The molecule has 0 radical (unpaired) electrons. The smallest absolute Gasteiger partial charge is 0.321 e. The molecule has 3 heterocycles. The average molecular weight is 409 g/mol. The van der Waals surface area contributed by atoms with E-state index in [0.29, 0.717) is 32.1 Å². The van der Waals surface area contributed by atoms with Gasteiger partial charge in [-0.2, -0.15) is 0 Å². The Bertz CT molecular complexity index is 891. The average Bonchev–Trinajstić information content (AvgIpc) is 3.03. The van der Waals surface area contributed by atoms with Gasteiger partial charge in [0.25, 0.3) is 0 Å². The molecule has 2 fully saturated rings. The molecule has 2 aliphatic heterocycles. The zero-order valence-corrected chi connectivity index (χ0v) is 17.5. The molecule has 2 aromatic rings. The van der Waals surface area contributed by atoms with Crippen molar-refractivity contribution in [2.75, 3.05) is 50.5 Å². The van der Waals surface area contributed by atoms with Gasteiger partial charge in [-0.1, -0.05) is 18.2 Å². The van der Waals surface area contributed by atoms with Gasteiger partial charge in [0.2, 0.25) is 11.9 Å². The maximum absolute atomic E-state index is 13.3. The number of para-hydroxylation sites is 1. The highest BCUT2D eigenvalue weighted by Gasteiger charge is 2.54. The van der Waals surface area contributed by atoms with Crippen LogP contribution in [-0.4, -0.2) is 72.0 Å². The molecule has 30 heavy (non-hydrogen) atoms. The molecule has 0 saturated carbocycles. The van der Waals surface area contributed by atoms with E-state index in [1.165, 1.54) is 0 Å². The predicted octanol–water partition coefficient (Wildman–Crippen LogP) is 2.32. The molecule has 3 amide bonds. The summed E-state index contributed by atoms with van der Waals surface area (Å²) in [4.78, 5) is 40.7. The number of urea groups is 1. The van der Waals surface area contributed by atoms with Gasteiger partial charge in [-0.15, -0.1) is 0 Å². The molecule has 2 aliphatic rings. The fourth-order valence-corrected chi connectivity index (χ4v) is 4.74. The molecule has 0 aliphatic carbocycles. The molecule has 0 bridgehead atoms. The van der Waals surface area contributed by atoms with E-state index in [1.807, 2.05) is 35.2 Å².